The zero-order valence-electron chi connectivity index (χ0n) is 36.5. The maximum atomic E-state index is 10.0. The van der Waals surface area contributed by atoms with Crippen molar-refractivity contribution in [3.05, 3.63) is 137 Å². The molecule has 0 saturated carbocycles. The number of nitro groups is 3. The van der Waals surface area contributed by atoms with Gasteiger partial charge < -0.3 is 11.5 Å². The molecule has 318 valence electrons. The molecule has 0 aliphatic heterocycles. The van der Waals surface area contributed by atoms with E-state index in [9.17, 15) is 35.1 Å². The van der Waals surface area contributed by atoms with Crippen molar-refractivity contribution in [1.29, 1.82) is 0 Å². The number of thiocarbonyl (C=S) groups is 1. The fraction of sp³-hybridized carbons (Fsp3) is 0.439. The molecule has 3 aromatic carbocycles. The monoisotopic (exact) mass is 822 g/mol. The van der Waals surface area contributed by atoms with Gasteiger partial charge in [0.1, 0.15) is 0 Å². The molecule has 0 aliphatic rings. The minimum absolute atomic E-state index is 0.137. The van der Waals surface area contributed by atoms with Crippen LogP contribution in [0.25, 0.3) is 0 Å². The summed E-state index contributed by atoms with van der Waals surface area (Å²) >= 11 is 6.09. The molecule has 1 amide bonds. The molecule has 56 heavy (non-hydrogen) atoms. The number of hydrogen-bond acceptors (Lipinski definition) is 10. The van der Waals surface area contributed by atoms with E-state index in [0.29, 0.717) is 16.8 Å². The zero-order chi connectivity index (χ0) is 45.7. The first-order chi connectivity index (χ1) is 26.5. The first-order valence-corrected chi connectivity index (χ1v) is 19.8. The lowest BCUT2D eigenvalue weighted by atomic mass is 10.1. The molecule has 4 N–H and O–H groups in total. The number of non-ortho nitro benzene ring substituents is 3. The Morgan fingerprint density at radius 3 is 0.893 bits per heavy atom. The highest BCUT2D eigenvalue weighted by atomic mass is 32.1. The first kappa shape index (κ1) is 65.7. The van der Waals surface area contributed by atoms with E-state index >= 15 is 0 Å². The van der Waals surface area contributed by atoms with Gasteiger partial charge in [0.15, 0.2) is 0 Å². The normalized spacial score (nSPS) is 7.96. The molecular weight excluding hydrogens is 753 g/mol. The van der Waals surface area contributed by atoms with Gasteiger partial charge in [-0.1, -0.05) is 164 Å². The molecule has 0 spiro atoms. The van der Waals surface area contributed by atoms with Gasteiger partial charge in [0.2, 0.25) is 5.91 Å². The van der Waals surface area contributed by atoms with Crippen molar-refractivity contribution in [2.75, 3.05) is 0 Å². The van der Waals surface area contributed by atoms with Gasteiger partial charge in [0, 0.05) is 54.6 Å². The summed E-state index contributed by atoms with van der Waals surface area (Å²) in [5.74, 6) is 0.811. The Morgan fingerprint density at radius 2 is 0.786 bits per heavy atom. The van der Waals surface area contributed by atoms with E-state index in [-0.39, 0.29) is 23.0 Å². The summed E-state index contributed by atoms with van der Waals surface area (Å²) in [5, 5.41) is 33.4. The summed E-state index contributed by atoms with van der Waals surface area (Å²) < 4.78 is 0. The molecule has 4 rings (SSSR count). The third-order valence-corrected chi connectivity index (χ3v) is 5.69. The number of carbonyl (C=O) groups excluding carboxylic acids is 1. The van der Waals surface area contributed by atoms with Crippen molar-refractivity contribution in [3.63, 3.8) is 0 Å². The van der Waals surface area contributed by atoms with Crippen LogP contribution in [0, 0.1) is 30.3 Å². The van der Waals surface area contributed by atoms with Crippen LogP contribution in [0.2, 0.25) is 0 Å². The Kier molecular flexibility index (Phi) is 58.5. The molecule has 1 heterocycles. The predicted molar refractivity (Wildman–Crippen MR) is 244 cm³/mol. The number of nitrogens with two attached hydrogens (primary N) is 2. The number of amides is 1. The van der Waals surface area contributed by atoms with Gasteiger partial charge in [0.05, 0.1) is 30.5 Å². The van der Waals surface area contributed by atoms with Crippen molar-refractivity contribution >= 4 is 51.5 Å². The molecule has 4 aromatic rings. The van der Waals surface area contributed by atoms with Crippen LogP contribution < -0.4 is 11.5 Å². The zero-order valence-corrected chi connectivity index (χ0v) is 38.1. The van der Waals surface area contributed by atoms with Gasteiger partial charge in [-0.25, -0.2) is 4.98 Å². The third kappa shape index (κ3) is 48.9. The Morgan fingerprint density at radius 1 is 0.571 bits per heavy atom. The Hall–Kier alpha value is -5.15. The maximum Gasteiger partial charge on any atom is 0.269 e. The van der Waals surface area contributed by atoms with Crippen molar-refractivity contribution in [2.45, 2.75) is 123 Å². The van der Waals surface area contributed by atoms with E-state index in [1.807, 2.05) is 69.2 Å². The highest BCUT2D eigenvalue weighted by molar-refractivity contribution is 7.80. The molecule has 13 nitrogen and oxygen atoms in total. The van der Waals surface area contributed by atoms with Gasteiger partial charge in [-0.05, 0) is 12.8 Å². The van der Waals surface area contributed by atoms with Crippen LogP contribution in [0.4, 0.5) is 17.1 Å². The number of hydrogen-bond donors (Lipinski definition) is 2. The SMILES string of the molecule is CC.CC.CC.CC.CC.CC(C)c1csc(C(C)C)n1.CC(N)=O.CC(N)=S.O=[N+]([O-])c1ccccc1.O=[N+]([O-])c1ccccc1.O=[N+]([O-])c1ccccc1. The number of nitro benzene ring substituents is 3. The smallest absolute Gasteiger partial charge is 0.269 e. The number of carbonyl (C=O) groups is 1. The standard InChI is InChI=1S/C9H15NS.3C6H5NO2.C2H5NO.C2H5NS.5C2H6/c1-6(2)8-5-11-9(10-8)7(3)4;3*8-7(9)6-4-2-1-3-5-6;2*1-2(3)4;5*1-2/h5-7H,1-4H3;3*1-5H;2*1H3,(H2,3,4);5*1-2H3. The van der Waals surface area contributed by atoms with E-state index in [1.165, 1.54) is 54.0 Å². The average molecular weight is 823 g/mol. The van der Waals surface area contributed by atoms with Gasteiger partial charge in [0.25, 0.3) is 17.1 Å². The number of nitrogens with zero attached hydrogens (tertiary/aromatic N) is 4. The average Bonchev–Trinajstić information content (AvgIpc) is 3.72. The number of thiazole rings is 1. The molecule has 0 fully saturated rings. The maximum absolute atomic E-state index is 10.0. The largest absolute Gasteiger partial charge is 0.394 e. The molecule has 0 atom stereocenters. The van der Waals surface area contributed by atoms with Gasteiger partial charge in [-0.15, -0.1) is 11.3 Å². The summed E-state index contributed by atoms with van der Waals surface area (Å²) in [6, 6.07) is 23.8. The molecule has 0 bridgehead atoms. The summed E-state index contributed by atoms with van der Waals surface area (Å²) in [5.41, 5.74) is 11.0. The minimum atomic E-state index is -0.417. The molecule has 0 radical (unpaired) electrons. The van der Waals surface area contributed by atoms with Crippen molar-refractivity contribution in [2.24, 2.45) is 11.5 Å². The van der Waals surface area contributed by atoms with Crippen LogP contribution in [0.3, 0.4) is 0 Å². The second-order valence-electron chi connectivity index (χ2n) is 9.42. The van der Waals surface area contributed by atoms with Crippen LogP contribution >= 0.6 is 23.6 Å². The molecule has 0 unspecified atom stereocenters. The van der Waals surface area contributed by atoms with E-state index in [0.717, 1.165) is 0 Å². The minimum Gasteiger partial charge on any atom is -0.394 e. The number of aromatic nitrogens is 1. The van der Waals surface area contributed by atoms with E-state index in [2.05, 4.69) is 56.0 Å². The second kappa shape index (κ2) is 49.9. The van der Waals surface area contributed by atoms with Crippen LogP contribution in [0.1, 0.15) is 133 Å². The molecule has 15 heteroatoms. The molecule has 0 aliphatic carbocycles. The Bertz CT molecular complexity index is 1300. The summed E-state index contributed by atoms with van der Waals surface area (Å²) in [6.07, 6.45) is 0. The van der Waals surface area contributed by atoms with Gasteiger partial charge >= 0.3 is 0 Å². The van der Waals surface area contributed by atoms with Gasteiger partial charge in [-0.2, -0.15) is 0 Å². The lowest BCUT2D eigenvalue weighted by Gasteiger charge is -1.99. The van der Waals surface area contributed by atoms with E-state index in [4.69, 9.17) is 5.73 Å². The Balaban J connectivity index is -0.000000101. The number of primary amides is 1. The Labute approximate surface area is 346 Å². The number of para-hydroxylation sites is 3. The predicted octanol–water partition coefficient (Wildman–Crippen LogP) is 13.1. The van der Waals surface area contributed by atoms with Crippen LogP contribution in [-0.4, -0.2) is 30.6 Å². The lowest BCUT2D eigenvalue weighted by Crippen LogP contribution is -2.01. The molecular formula is C41H70N6O7S2. The van der Waals surface area contributed by atoms with Gasteiger partial charge in [-0.3, -0.25) is 35.1 Å². The summed E-state index contributed by atoms with van der Waals surface area (Å²) in [6.45, 7) is 31.7. The van der Waals surface area contributed by atoms with Crippen molar-refractivity contribution < 1.29 is 19.6 Å². The fourth-order valence-electron chi connectivity index (χ4n) is 2.48. The lowest BCUT2D eigenvalue weighted by molar-refractivity contribution is -0.385. The van der Waals surface area contributed by atoms with Crippen molar-refractivity contribution in [3.8, 4) is 0 Å². The highest BCUT2D eigenvalue weighted by Crippen LogP contribution is 2.23. The van der Waals surface area contributed by atoms with Crippen LogP contribution in [-0.2, 0) is 4.79 Å². The number of benzene rings is 3. The van der Waals surface area contributed by atoms with E-state index in [1.54, 1.807) is 72.9 Å². The fourth-order valence-corrected chi connectivity index (χ4v) is 3.48. The molecule has 1 aromatic heterocycles. The number of rotatable bonds is 5. The third-order valence-electron chi connectivity index (χ3n) is 4.53. The van der Waals surface area contributed by atoms with Crippen LogP contribution in [0.5, 0.6) is 0 Å². The quantitative estimate of drug-likeness (QED) is 0.110. The highest BCUT2D eigenvalue weighted by Gasteiger charge is 2.07. The van der Waals surface area contributed by atoms with Crippen LogP contribution in [0.15, 0.2) is 96.4 Å². The van der Waals surface area contributed by atoms with E-state index < -0.39 is 14.8 Å². The second-order valence-corrected chi connectivity index (χ2v) is 11.0. The topological polar surface area (TPSA) is 211 Å². The summed E-state index contributed by atoms with van der Waals surface area (Å²) in [7, 11) is 0. The molecule has 0 saturated heterocycles. The first-order valence-electron chi connectivity index (χ1n) is 18.5. The van der Waals surface area contributed by atoms with Crippen molar-refractivity contribution in [1.82, 2.24) is 4.98 Å². The summed E-state index contributed by atoms with van der Waals surface area (Å²) in [4.78, 5) is 43.0.